The van der Waals surface area contributed by atoms with Gasteiger partial charge in [0.25, 0.3) is 5.91 Å². The molecule has 1 aliphatic rings. The van der Waals surface area contributed by atoms with Crippen molar-refractivity contribution in [1.82, 2.24) is 4.98 Å². The molecule has 2 aromatic carbocycles. The molecule has 1 aromatic heterocycles. The van der Waals surface area contributed by atoms with Crippen molar-refractivity contribution in [2.75, 3.05) is 38.0 Å². The number of rotatable bonds is 5. The molecule has 0 spiro atoms. The number of nitrogens with zero attached hydrogens (tertiary/aromatic N) is 1. The minimum atomic E-state index is 0.102. The SMILES string of the molecule is Cc1cccc(NC(=O)C[NH+]2CC[NH+](Cc3nc4ccccc4s3)CC2)c1. The third-order valence-electron chi connectivity index (χ3n) is 5.12. The second-order valence-electron chi connectivity index (χ2n) is 7.35. The monoisotopic (exact) mass is 382 g/mol. The van der Waals surface area contributed by atoms with E-state index in [0.717, 1.165) is 49.5 Å². The van der Waals surface area contributed by atoms with Gasteiger partial charge in [-0.2, -0.15) is 0 Å². The molecule has 3 N–H and O–H groups in total. The molecule has 5 nitrogen and oxygen atoms in total. The zero-order valence-corrected chi connectivity index (χ0v) is 16.4. The number of fused-ring (bicyclic) bond motifs is 1. The number of anilines is 1. The molecule has 6 heteroatoms. The number of hydrogen-bond donors (Lipinski definition) is 3. The van der Waals surface area contributed by atoms with Crippen molar-refractivity contribution in [2.45, 2.75) is 13.5 Å². The Balaban J connectivity index is 1.25. The highest BCUT2D eigenvalue weighted by Crippen LogP contribution is 2.20. The second-order valence-corrected chi connectivity index (χ2v) is 8.46. The van der Waals surface area contributed by atoms with Gasteiger partial charge in [0.15, 0.2) is 6.54 Å². The number of quaternary nitrogens is 2. The molecule has 27 heavy (non-hydrogen) atoms. The minimum Gasteiger partial charge on any atom is -0.321 e. The van der Waals surface area contributed by atoms with Crippen molar-refractivity contribution >= 4 is 33.1 Å². The Hall–Kier alpha value is -2.28. The molecule has 0 saturated carbocycles. The highest BCUT2D eigenvalue weighted by atomic mass is 32.1. The Bertz CT molecular complexity index is 898. The number of nitrogens with one attached hydrogen (secondary N) is 3. The van der Waals surface area contributed by atoms with Crippen molar-refractivity contribution in [1.29, 1.82) is 0 Å². The van der Waals surface area contributed by atoms with Crippen LogP contribution in [-0.2, 0) is 11.3 Å². The maximum atomic E-state index is 12.3. The Morgan fingerprint density at radius 1 is 1.07 bits per heavy atom. The lowest BCUT2D eigenvalue weighted by Gasteiger charge is -2.28. The van der Waals surface area contributed by atoms with Gasteiger partial charge in [-0.3, -0.25) is 4.79 Å². The number of para-hydroxylation sites is 1. The average molecular weight is 383 g/mol. The topological polar surface area (TPSA) is 50.9 Å². The number of carbonyl (C=O) groups excluding carboxylic acids is 1. The van der Waals surface area contributed by atoms with E-state index < -0.39 is 0 Å². The van der Waals surface area contributed by atoms with Crippen LogP contribution in [0.4, 0.5) is 5.69 Å². The number of aryl methyl sites for hydroxylation is 1. The fourth-order valence-corrected chi connectivity index (χ4v) is 4.71. The Morgan fingerprint density at radius 2 is 1.85 bits per heavy atom. The van der Waals surface area contributed by atoms with E-state index in [9.17, 15) is 4.79 Å². The predicted molar refractivity (Wildman–Crippen MR) is 109 cm³/mol. The van der Waals surface area contributed by atoms with Gasteiger partial charge in [-0.1, -0.05) is 24.3 Å². The molecule has 1 fully saturated rings. The molecule has 0 aliphatic carbocycles. The van der Waals surface area contributed by atoms with Crippen molar-refractivity contribution in [3.8, 4) is 0 Å². The molecule has 1 aliphatic heterocycles. The third-order valence-corrected chi connectivity index (χ3v) is 6.15. The van der Waals surface area contributed by atoms with Crippen LogP contribution in [0.25, 0.3) is 10.2 Å². The fraction of sp³-hybridized carbons (Fsp3) is 0.333. The Labute approximate surface area is 163 Å². The quantitative estimate of drug-likeness (QED) is 0.603. The Morgan fingerprint density at radius 3 is 2.63 bits per heavy atom. The maximum absolute atomic E-state index is 12.3. The van der Waals surface area contributed by atoms with Gasteiger partial charge in [-0.05, 0) is 36.8 Å². The van der Waals surface area contributed by atoms with Crippen LogP contribution in [0.2, 0.25) is 0 Å². The van der Waals surface area contributed by atoms with Crippen LogP contribution in [0.1, 0.15) is 10.6 Å². The summed E-state index contributed by atoms with van der Waals surface area (Å²) in [6, 6.07) is 16.3. The number of piperazine rings is 1. The molecule has 0 bridgehead atoms. The van der Waals surface area contributed by atoms with Crippen LogP contribution in [0.5, 0.6) is 0 Å². The zero-order valence-electron chi connectivity index (χ0n) is 15.6. The first-order chi connectivity index (χ1) is 13.2. The summed E-state index contributed by atoms with van der Waals surface area (Å²) in [7, 11) is 0. The number of hydrogen-bond acceptors (Lipinski definition) is 3. The first kappa shape index (κ1) is 18.1. The molecule has 0 radical (unpaired) electrons. The molecule has 1 saturated heterocycles. The van der Waals surface area contributed by atoms with Crippen molar-refractivity contribution in [3.63, 3.8) is 0 Å². The lowest BCUT2D eigenvalue weighted by Crippen LogP contribution is -3.28. The largest absolute Gasteiger partial charge is 0.321 e. The van der Waals surface area contributed by atoms with Crippen LogP contribution in [-0.4, -0.2) is 43.6 Å². The first-order valence-corrected chi connectivity index (χ1v) is 10.4. The highest BCUT2D eigenvalue weighted by Gasteiger charge is 2.25. The zero-order chi connectivity index (χ0) is 18.6. The third kappa shape index (κ3) is 4.71. The van der Waals surface area contributed by atoms with E-state index in [1.807, 2.05) is 37.3 Å². The van der Waals surface area contributed by atoms with Gasteiger partial charge < -0.3 is 15.1 Å². The van der Waals surface area contributed by atoms with E-state index in [2.05, 4.69) is 23.5 Å². The minimum absolute atomic E-state index is 0.102. The summed E-state index contributed by atoms with van der Waals surface area (Å²) >= 11 is 1.80. The van der Waals surface area contributed by atoms with E-state index in [0.29, 0.717) is 6.54 Å². The molecular weight excluding hydrogens is 356 g/mol. The highest BCUT2D eigenvalue weighted by molar-refractivity contribution is 7.18. The molecule has 3 aromatic rings. The summed E-state index contributed by atoms with van der Waals surface area (Å²) in [6.07, 6.45) is 0. The van der Waals surface area contributed by atoms with Crippen molar-refractivity contribution in [2.24, 2.45) is 0 Å². The van der Waals surface area contributed by atoms with Gasteiger partial charge in [0, 0.05) is 5.69 Å². The van der Waals surface area contributed by atoms with E-state index in [4.69, 9.17) is 4.98 Å². The molecular formula is C21H26N4OS+2. The molecule has 140 valence electrons. The van der Waals surface area contributed by atoms with Crippen LogP contribution >= 0.6 is 11.3 Å². The number of benzene rings is 2. The van der Waals surface area contributed by atoms with Gasteiger partial charge in [0.05, 0.1) is 10.2 Å². The maximum Gasteiger partial charge on any atom is 0.279 e. The number of amides is 1. The van der Waals surface area contributed by atoms with Crippen LogP contribution in [0.3, 0.4) is 0 Å². The van der Waals surface area contributed by atoms with E-state index in [1.165, 1.54) is 14.6 Å². The van der Waals surface area contributed by atoms with E-state index in [1.54, 1.807) is 16.2 Å². The standard InChI is InChI=1S/C21H24N4OS/c1-16-5-4-6-17(13-16)22-20(26)14-24-9-11-25(12-10-24)15-21-23-18-7-2-3-8-19(18)27-21/h2-8,13H,9-12,14-15H2,1H3,(H,22,26)/p+2. The van der Waals surface area contributed by atoms with Crippen molar-refractivity contribution < 1.29 is 14.6 Å². The lowest BCUT2D eigenvalue weighted by molar-refractivity contribution is -1.01. The summed E-state index contributed by atoms with van der Waals surface area (Å²) in [5.41, 5.74) is 3.15. The van der Waals surface area contributed by atoms with Crippen LogP contribution in [0.15, 0.2) is 48.5 Å². The number of thiazole rings is 1. The lowest BCUT2D eigenvalue weighted by atomic mass is 10.2. The fourth-order valence-electron chi connectivity index (χ4n) is 3.68. The summed E-state index contributed by atoms with van der Waals surface area (Å²) in [5.74, 6) is 0.102. The Kier molecular flexibility index (Phi) is 5.48. The smallest absolute Gasteiger partial charge is 0.279 e. The van der Waals surface area contributed by atoms with Gasteiger partial charge in [0.1, 0.15) is 37.7 Å². The normalized spacial score (nSPS) is 19.9. The van der Waals surface area contributed by atoms with Gasteiger partial charge in [-0.15, -0.1) is 11.3 Å². The summed E-state index contributed by atoms with van der Waals surface area (Å²) in [5, 5.41) is 4.24. The summed E-state index contributed by atoms with van der Waals surface area (Å²) < 4.78 is 1.27. The molecule has 2 heterocycles. The average Bonchev–Trinajstić information content (AvgIpc) is 3.05. The van der Waals surface area contributed by atoms with Crippen molar-refractivity contribution in [3.05, 3.63) is 59.1 Å². The van der Waals surface area contributed by atoms with Gasteiger partial charge in [0.2, 0.25) is 0 Å². The second kappa shape index (κ2) is 8.17. The first-order valence-electron chi connectivity index (χ1n) is 9.54. The van der Waals surface area contributed by atoms with E-state index >= 15 is 0 Å². The van der Waals surface area contributed by atoms with Gasteiger partial charge >= 0.3 is 0 Å². The number of aromatic nitrogens is 1. The molecule has 0 unspecified atom stereocenters. The van der Waals surface area contributed by atoms with Crippen LogP contribution < -0.4 is 15.1 Å². The summed E-state index contributed by atoms with van der Waals surface area (Å²) in [4.78, 5) is 20.0. The number of carbonyl (C=O) groups is 1. The summed E-state index contributed by atoms with van der Waals surface area (Å²) in [6.45, 7) is 7.80. The predicted octanol–water partition coefficient (Wildman–Crippen LogP) is 0.527. The molecule has 0 atom stereocenters. The van der Waals surface area contributed by atoms with Crippen LogP contribution in [0, 0.1) is 6.92 Å². The van der Waals surface area contributed by atoms with Gasteiger partial charge in [-0.25, -0.2) is 4.98 Å². The molecule has 4 rings (SSSR count). The molecule has 1 amide bonds. The van der Waals surface area contributed by atoms with E-state index in [-0.39, 0.29) is 5.91 Å².